The highest BCUT2D eigenvalue weighted by Crippen LogP contribution is 2.20. The van der Waals surface area contributed by atoms with Gasteiger partial charge < -0.3 is 15.2 Å². The highest BCUT2D eigenvalue weighted by molar-refractivity contribution is 5.68. The number of hydrogen-bond donors (Lipinski definition) is 2. The van der Waals surface area contributed by atoms with Crippen molar-refractivity contribution in [3.8, 4) is 0 Å². The van der Waals surface area contributed by atoms with Crippen molar-refractivity contribution >= 4 is 11.2 Å². The van der Waals surface area contributed by atoms with Crippen LogP contribution >= 0.6 is 0 Å². The predicted octanol–water partition coefficient (Wildman–Crippen LogP) is -1.88. The minimum Gasteiger partial charge on any atom is -0.412 e. The first-order valence-corrected chi connectivity index (χ1v) is 8.03. The number of aromatic amines is 2. The van der Waals surface area contributed by atoms with Gasteiger partial charge in [0.05, 0.1) is 12.5 Å². The third-order valence-electron chi connectivity index (χ3n) is 4.17. The van der Waals surface area contributed by atoms with Crippen LogP contribution in [0.25, 0.3) is 11.2 Å². The van der Waals surface area contributed by atoms with Crippen molar-refractivity contribution in [2.45, 2.75) is 19.1 Å². The van der Waals surface area contributed by atoms with Gasteiger partial charge in [-0.05, 0) is 12.8 Å². The maximum atomic E-state index is 12.9. The van der Waals surface area contributed by atoms with Crippen LogP contribution in [0.1, 0.15) is 19.1 Å². The molecule has 1 fully saturated rings. The smallest absolute Gasteiger partial charge is 0.332 e. The SMILES string of the molecule is Cn1c(=O)c2[nH]cnc2n(C)c1=O.O.O=c1[nH]c(=O)n([C@H]2CCCO2)cc1F. The van der Waals surface area contributed by atoms with Crippen molar-refractivity contribution in [2.75, 3.05) is 6.61 Å². The summed E-state index contributed by atoms with van der Waals surface area (Å²) in [6, 6.07) is 0. The molecular weight excluding hydrogens is 379 g/mol. The van der Waals surface area contributed by atoms with Gasteiger partial charge in [0.15, 0.2) is 5.65 Å². The molecule has 4 N–H and O–H groups in total. The van der Waals surface area contributed by atoms with Crippen LogP contribution in [-0.2, 0) is 18.8 Å². The minimum atomic E-state index is -0.996. The van der Waals surface area contributed by atoms with E-state index in [0.717, 1.165) is 21.8 Å². The fraction of sp³-hybridized carbons (Fsp3) is 0.400. The number of nitrogens with zero attached hydrogens (tertiary/aromatic N) is 4. The summed E-state index contributed by atoms with van der Waals surface area (Å²) in [5, 5.41) is 0. The molecule has 0 saturated carbocycles. The molecule has 3 aromatic rings. The van der Waals surface area contributed by atoms with Gasteiger partial charge in [-0.15, -0.1) is 0 Å². The molecule has 0 radical (unpaired) electrons. The summed E-state index contributed by atoms with van der Waals surface area (Å²) in [6.07, 6.45) is 3.32. The predicted molar refractivity (Wildman–Crippen MR) is 95.7 cm³/mol. The topological polar surface area (TPSA) is 168 Å². The van der Waals surface area contributed by atoms with Crippen molar-refractivity contribution in [2.24, 2.45) is 14.1 Å². The van der Waals surface area contributed by atoms with Crippen LogP contribution in [0, 0.1) is 5.82 Å². The lowest BCUT2D eigenvalue weighted by Gasteiger charge is -2.11. The number of aryl methyl sites for hydroxylation is 1. The number of halogens is 1. The number of rotatable bonds is 1. The first kappa shape index (κ1) is 21.0. The van der Waals surface area contributed by atoms with E-state index in [0.29, 0.717) is 24.2 Å². The van der Waals surface area contributed by atoms with Gasteiger partial charge in [0.25, 0.3) is 11.1 Å². The molecular formula is C15H19FN6O6. The molecule has 152 valence electrons. The number of ether oxygens (including phenoxy) is 1. The zero-order valence-electron chi connectivity index (χ0n) is 15.1. The molecule has 28 heavy (non-hydrogen) atoms. The zero-order chi connectivity index (χ0) is 19.7. The number of aromatic nitrogens is 6. The number of hydrogen-bond acceptors (Lipinski definition) is 6. The monoisotopic (exact) mass is 398 g/mol. The summed E-state index contributed by atoms with van der Waals surface area (Å²) < 4.78 is 21.5. The van der Waals surface area contributed by atoms with Gasteiger partial charge in [-0.3, -0.25) is 28.3 Å². The van der Waals surface area contributed by atoms with E-state index in [9.17, 15) is 23.6 Å². The molecule has 0 amide bonds. The molecule has 4 rings (SSSR count). The van der Waals surface area contributed by atoms with Crippen LogP contribution in [-0.4, -0.2) is 40.7 Å². The van der Waals surface area contributed by atoms with E-state index >= 15 is 0 Å². The standard InChI is InChI=1S/C8H9FN2O3.C7H8N4O2.H2O/c9-5-4-11(6-2-1-3-14-6)8(13)10-7(5)12;1-10-5-4(8-3-9-5)6(12)11(2)7(10)13;/h4,6H,1-3H2,(H,10,12,13);3H,1-2H3,(H,8,9);1H2/t6-;;/m1../s1. The zero-order valence-corrected chi connectivity index (χ0v) is 15.1. The molecule has 0 aliphatic carbocycles. The second kappa shape index (κ2) is 8.14. The van der Waals surface area contributed by atoms with E-state index in [-0.39, 0.29) is 16.7 Å². The van der Waals surface area contributed by atoms with Crippen molar-refractivity contribution in [3.05, 3.63) is 60.0 Å². The number of fused-ring (bicyclic) bond motifs is 1. The first-order valence-electron chi connectivity index (χ1n) is 8.03. The Morgan fingerprint density at radius 1 is 1.21 bits per heavy atom. The summed E-state index contributed by atoms with van der Waals surface area (Å²) >= 11 is 0. The van der Waals surface area contributed by atoms with Crippen LogP contribution in [0.2, 0.25) is 0 Å². The molecule has 0 bridgehead atoms. The number of nitrogens with one attached hydrogen (secondary N) is 2. The lowest BCUT2D eigenvalue weighted by molar-refractivity contribution is 0.0517. The molecule has 4 heterocycles. The van der Waals surface area contributed by atoms with Crippen molar-refractivity contribution in [1.29, 1.82) is 0 Å². The molecule has 1 saturated heterocycles. The van der Waals surface area contributed by atoms with Gasteiger partial charge in [0, 0.05) is 20.7 Å². The van der Waals surface area contributed by atoms with Crippen LogP contribution in [0.3, 0.4) is 0 Å². The quantitative estimate of drug-likeness (QED) is 0.486. The Labute approximate surface area is 155 Å². The molecule has 12 nitrogen and oxygen atoms in total. The fourth-order valence-electron chi connectivity index (χ4n) is 2.72. The van der Waals surface area contributed by atoms with E-state index in [1.165, 1.54) is 17.9 Å². The maximum Gasteiger partial charge on any atom is 0.332 e. The Morgan fingerprint density at radius 2 is 1.93 bits per heavy atom. The molecule has 0 unspecified atom stereocenters. The average molecular weight is 398 g/mol. The highest BCUT2D eigenvalue weighted by atomic mass is 19.1. The van der Waals surface area contributed by atoms with Crippen LogP contribution in [0.4, 0.5) is 4.39 Å². The first-order chi connectivity index (χ1) is 12.8. The van der Waals surface area contributed by atoms with Gasteiger partial charge in [0.1, 0.15) is 11.7 Å². The summed E-state index contributed by atoms with van der Waals surface area (Å²) in [5.74, 6) is -0.972. The third-order valence-corrected chi connectivity index (χ3v) is 4.17. The van der Waals surface area contributed by atoms with E-state index in [4.69, 9.17) is 4.74 Å². The molecule has 1 aliphatic heterocycles. The van der Waals surface area contributed by atoms with Gasteiger partial charge >= 0.3 is 11.4 Å². The molecule has 1 atom stereocenters. The lowest BCUT2D eigenvalue weighted by Crippen LogP contribution is -2.36. The summed E-state index contributed by atoms with van der Waals surface area (Å²) in [6.45, 7) is 0.553. The van der Waals surface area contributed by atoms with Crippen molar-refractivity contribution in [1.82, 2.24) is 28.7 Å². The van der Waals surface area contributed by atoms with Crippen LogP contribution in [0.15, 0.2) is 31.7 Å². The van der Waals surface area contributed by atoms with Crippen LogP contribution in [0.5, 0.6) is 0 Å². The molecule has 0 aromatic carbocycles. The van der Waals surface area contributed by atoms with Gasteiger partial charge in [-0.2, -0.15) is 4.39 Å². The van der Waals surface area contributed by atoms with E-state index < -0.39 is 23.3 Å². The minimum absolute atomic E-state index is 0. The molecule has 1 aliphatic rings. The second-order valence-electron chi connectivity index (χ2n) is 5.92. The molecule has 0 spiro atoms. The Hall–Kier alpha value is -3.32. The molecule has 3 aromatic heterocycles. The maximum absolute atomic E-state index is 12.9. The lowest BCUT2D eigenvalue weighted by atomic mass is 10.3. The van der Waals surface area contributed by atoms with Gasteiger partial charge in [0.2, 0.25) is 5.82 Å². The van der Waals surface area contributed by atoms with Gasteiger partial charge in [-0.25, -0.2) is 14.6 Å². The Bertz CT molecular complexity index is 1210. The van der Waals surface area contributed by atoms with Crippen molar-refractivity contribution < 1.29 is 14.6 Å². The van der Waals surface area contributed by atoms with E-state index in [1.807, 2.05) is 4.98 Å². The molecule has 13 heteroatoms. The number of imidazole rings is 1. The summed E-state index contributed by atoms with van der Waals surface area (Å²) in [5.41, 5.74) is -1.62. The largest absolute Gasteiger partial charge is 0.412 e. The average Bonchev–Trinajstić information content (AvgIpc) is 3.33. The Kier molecular flexibility index (Phi) is 6.10. The second-order valence-corrected chi connectivity index (χ2v) is 5.92. The van der Waals surface area contributed by atoms with E-state index in [1.54, 1.807) is 7.05 Å². The Morgan fingerprint density at radius 3 is 2.57 bits per heavy atom. The van der Waals surface area contributed by atoms with Crippen molar-refractivity contribution in [3.63, 3.8) is 0 Å². The highest BCUT2D eigenvalue weighted by Gasteiger charge is 2.19. The fourth-order valence-corrected chi connectivity index (χ4v) is 2.72. The van der Waals surface area contributed by atoms with Gasteiger partial charge in [-0.1, -0.05) is 0 Å². The summed E-state index contributed by atoms with van der Waals surface area (Å²) in [7, 11) is 3.01. The van der Waals surface area contributed by atoms with E-state index in [2.05, 4.69) is 9.97 Å². The number of H-pyrrole nitrogens is 2. The van der Waals surface area contributed by atoms with Crippen LogP contribution < -0.4 is 22.5 Å². The third kappa shape index (κ3) is 3.70. The Balaban J connectivity index is 0.000000194. The normalized spacial score (nSPS) is 15.8. The summed E-state index contributed by atoms with van der Waals surface area (Å²) in [4.78, 5) is 53.2.